The Morgan fingerprint density at radius 3 is 1.29 bits per heavy atom. The van der Waals surface area contributed by atoms with E-state index in [1.54, 1.807) is 0 Å². The molecule has 0 aliphatic carbocycles. The molecule has 0 saturated carbocycles. The summed E-state index contributed by atoms with van der Waals surface area (Å²) in [5.74, 6) is 0. The van der Waals surface area contributed by atoms with Gasteiger partial charge < -0.3 is 0 Å². The number of rotatable bonds is 6. The average Bonchev–Trinajstić information content (AvgIpc) is 2.46. The molecule has 10 heteroatoms. The molecule has 2 aromatic rings. The fourth-order valence-corrected chi connectivity index (χ4v) is 4.24. The maximum absolute atomic E-state index is 12.4. The zero-order valence-electron chi connectivity index (χ0n) is 12.3. The molecule has 0 heterocycles. The molecule has 2 rings (SSSR count). The van der Waals surface area contributed by atoms with E-state index < -0.39 is 29.5 Å². The minimum absolute atomic E-state index is 0.170. The van der Waals surface area contributed by atoms with Gasteiger partial charge in [0.15, 0.2) is 0 Å². The number of hydrogen-bond donors (Lipinski definition) is 2. The van der Waals surface area contributed by atoms with Crippen LogP contribution in [0.5, 0.6) is 0 Å². The van der Waals surface area contributed by atoms with Crippen LogP contribution < -0.4 is 4.89 Å². The second-order valence-corrected chi connectivity index (χ2v) is 8.70. The Kier molecular flexibility index (Phi) is 4.63. The standard InChI is InChI=1S/C14H14N2O7P/c17-15(18)13-5-1-11(2-6-13)9-24(21,22,23)10-12-3-7-14(8-4-12)16(19)20/h1-8,21-22H,9-10H2/q-1. The van der Waals surface area contributed by atoms with Gasteiger partial charge in [-0.2, -0.15) is 0 Å². The summed E-state index contributed by atoms with van der Waals surface area (Å²) in [6.07, 6.45) is -1.17. The van der Waals surface area contributed by atoms with E-state index in [1.807, 2.05) is 0 Å². The summed E-state index contributed by atoms with van der Waals surface area (Å²) in [6, 6.07) is 9.86. The van der Waals surface area contributed by atoms with E-state index in [-0.39, 0.29) is 22.5 Å². The van der Waals surface area contributed by atoms with Gasteiger partial charge in [-0.15, -0.1) is 0 Å². The van der Waals surface area contributed by atoms with Gasteiger partial charge in [0, 0.05) is 0 Å². The molecule has 24 heavy (non-hydrogen) atoms. The Morgan fingerprint density at radius 1 is 0.750 bits per heavy atom. The van der Waals surface area contributed by atoms with Crippen LogP contribution in [-0.2, 0) is 12.3 Å². The molecule has 0 aliphatic rings. The zero-order chi connectivity index (χ0) is 18.0. The molecule has 128 valence electrons. The van der Waals surface area contributed by atoms with Crippen LogP contribution in [0.1, 0.15) is 11.1 Å². The summed E-state index contributed by atoms with van der Waals surface area (Å²) in [5, 5.41) is 21.2. The van der Waals surface area contributed by atoms with E-state index >= 15 is 0 Å². The maximum atomic E-state index is 12.4. The molecule has 0 bridgehead atoms. The number of hydrogen-bond acceptors (Lipinski definition) is 7. The zero-order valence-corrected chi connectivity index (χ0v) is 13.2. The van der Waals surface area contributed by atoms with E-state index in [1.165, 1.54) is 48.5 Å². The van der Waals surface area contributed by atoms with E-state index in [0.29, 0.717) is 0 Å². The van der Waals surface area contributed by atoms with Gasteiger partial charge in [0.05, 0.1) is 0 Å². The Morgan fingerprint density at radius 2 is 1.04 bits per heavy atom. The molecule has 0 amide bonds. The first-order chi connectivity index (χ1) is 11.0. The Balaban J connectivity index is 2.16. The van der Waals surface area contributed by atoms with E-state index in [0.717, 1.165) is 0 Å². The first-order valence-electron chi connectivity index (χ1n) is 6.74. The fourth-order valence-electron chi connectivity index (χ4n) is 2.24. The van der Waals surface area contributed by atoms with Gasteiger partial charge in [-0.05, 0) is 0 Å². The van der Waals surface area contributed by atoms with Gasteiger partial charge in [-0.3, -0.25) is 0 Å². The molecule has 9 nitrogen and oxygen atoms in total. The third-order valence-electron chi connectivity index (χ3n) is 3.30. The summed E-state index contributed by atoms with van der Waals surface area (Å²) in [4.78, 5) is 52.6. The van der Waals surface area contributed by atoms with Crippen molar-refractivity contribution < 1.29 is 24.5 Å². The SMILES string of the molecule is O=[N+]([O-])c1ccc(CP([O-])(O)(O)Cc2ccc([N+](=O)[O-])cc2)cc1. The van der Waals surface area contributed by atoms with Crippen LogP contribution in [-0.4, -0.2) is 19.6 Å². The predicted octanol–water partition coefficient (Wildman–Crippen LogP) is 1.85. The van der Waals surface area contributed by atoms with Crippen LogP contribution in [0, 0.1) is 20.2 Å². The van der Waals surface area contributed by atoms with Crippen LogP contribution in [0.3, 0.4) is 0 Å². The monoisotopic (exact) mass is 353 g/mol. The van der Waals surface area contributed by atoms with Crippen molar-refractivity contribution in [2.75, 3.05) is 0 Å². The molecule has 0 unspecified atom stereocenters. The van der Waals surface area contributed by atoms with Gasteiger partial charge in [0.25, 0.3) is 0 Å². The van der Waals surface area contributed by atoms with Gasteiger partial charge in [-0.25, -0.2) is 0 Å². The number of nitrogens with zero attached hydrogens (tertiary/aromatic N) is 2. The first kappa shape index (κ1) is 17.9. The number of non-ortho nitro benzene ring substituents is 2. The molecule has 0 atom stereocenters. The fraction of sp³-hybridized carbons (Fsp3) is 0.143. The van der Waals surface area contributed by atoms with Crippen molar-refractivity contribution in [1.82, 2.24) is 0 Å². The normalized spacial score (nSPS) is 13.0. The number of nitro groups is 2. The van der Waals surface area contributed by atoms with Crippen LogP contribution in [0.15, 0.2) is 48.5 Å². The second-order valence-electron chi connectivity index (χ2n) is 5.46. The second kappa shape index (κ2) is 6.21. The summed E-state index contributed by atoms with van der Waals surface area (Å²) in [6.45, 7) is 0. The molecule has 0 aromatic heterocycles. The van der Waals surface area contributed by atoms with Gasteiger partial charge in [-0.1, -0.05) is 0 Å². The van der Waals surface area contributed by atoms with Crippen molar-refractivity contribution in [1.29, 1.82) is 0 Å². The van der Waals surface area contributed by atoms with Crippen molar-refractivity contribution >= 4 is 18.7 Å². The van der Waals surface area contributed by atoms with Gasteiger partial charge >= 0.3 is 135 Å². The first-order valence-corrected chi connectivity index (χ1v) is 9.17. The van der Waals surface area contributed by atoms with Crippen molar-refractivity contribution in [2.24, 2.45) is 0 Å². The van der Waals surface area contributed by atoms with Crippen LogP contribution in [0.4, 0.5) is 11.4 Å². The summed E-state index contributed by atoms with van der Waals surface area (Å²) in [7, 11) is -5.34. The molecule has 0 aliphatic heterocycles. The van der Waals surface area contributed by atoms with Crippen molar-refractivity contribution in [2.45, 2.75) is 12.3 Å². The summed E-state index contributed by atoms with van der Waals surface area (Å²) in [5.41, 5.74) is 0.188. The Bertz CT molecular complexity index is 703. The van der Waals surface area contributed by atoms with Crippen LogP contribution in [0.2, 0.25) is 0 Å². The molecule has 0 saturated heterocycles. The predicted molar refractivity (Wildman–Crippen MR) is 85.0 cm³/mol. The summed E-state index contributed by atoms with van der Waals surface area (Å²) < 4.78 is 0. The van der Waals surface area contributed by atoms with Crippen molar-refractivity contribution in [3.63, 3.8) is 0 Å². The molecule has 0 radical (unpaired) electrons. The van der Waals surface area contributed by atoms with Gasteiger partial charge in [0.1, 0.15) is 0 Å². The Hall–Kier alpha value is -2.45. The quantitative estimate of drug-likeness (QED) is 0.457. The third kappa shape index (κ3) is 4.77. The van der Waals surface area contributed by atoms with Crippen LogP contribution >= 0.6 is 7.28 Å². The summed E-state index contributed by atoms with van der Waals surface area (Å²) >= 11 is 0. The molecular formula is C14H14N2O7P-. The minimum atomic E-state index is -5.34. The number of benzene rings is 2. The van der Waals surface area contributed by atoms with Gasteiger partial charge in [0.2, 0.25) is 0 Å². The Labute approximate surface area is 136 Å². The molecular weight excluding hydrogens is 339 g/mol. The number of nitro benzene ring substituents is 2. The van der Waals surface area contributed by atoms with E-state index in [2.05, 4.69) is 0 Å². The van der Waals surface area contributed by atoms with E-state index in [9.17, 15) is 34.9 Å². The van der Waals surface area contributed by atoms with Crippen molar-refractivity contribution in [3.05, 3.63) is 79.9 Å². The van der Waals surface area contributed by atoms with Crippen LogP contribution in [0.25, 0.3) is 0 Å². The molecule has 2 N–H and O–H groups in total. The average molecular weight is 353 g/mol. The topological polar surface area (TPSA) is 150 Å². The third-order valence-corrected chi connectivity index (χ3v) is 5.30. The molecule has 0 spiro atoms. The molecule has 0 fully saturated rings. The molecule has 2 aromatic carbocycles. The van der Waals surface area contributed by atoms with Crippen molar-refractivity contribution in [3.8, 4) is 0 Å². The van der Waals surface area contributed by atoms with E-state index in [4.69, 9.17) is 0 Å².